The number of carbonyl (C=O) groups is 1. The van der Waals surface area contributed by atoms with E-state index in [0.29, 0.717) is 12.0 Å². The molecule has 92 valence electrons. The molecule has 1 aliphatic rings. The summed E-state index contributed by atoms with van der Waals surface area (Å²) in [6.45, 7) is 1.68. The van der Waals surface area contributed by atoms with Crippen molar-refractivity contribution in [2.45, 2.75) is 35.8 Å². The van der Waals surface area contributed by atoms with E-state index in [9.17, 15) is 18.3 Å². The maximum Gasteiger partial charge on any atom is 0.325 e. The van der Waals surface area contributed by atoms with Gasteiger partial charge in [0.15, 0.2) is 14.6 Å². The highest BCUT2D eigenvalue weighted by Crippen LogP contribution is 2.43. The van der Waals surface area contributed by atoms with Crippen molar-refractivity contribution in [2.24, 2.45) is 0 Å². The Balaban J connectivity index is 2.58. The van der Waals surface area contributed by atoms with Crippen molar-refractivity contribution in [1.29, 1.82) is 0 Å². The monoisotopic (exact) mass is 254 g/mol. The molecule has 0 spiro atoms. The Morgan fingerprint density at radius 3 is 2.29 bits per heavy atom. The van der Waals surface area contributed by atoms with Crippen LogP contribution in [-0.4, -0.2) is 24.2 Å². The van der Waals surface area contributed by atoms with Crippen molar-refractivity contribution in [2.75, 3.05) is 0 Å². The van der Waals surface area contributed by atoms with Gasteiger partial charge in [0.2, 0.25) is 0 Å². The van der Waals surface area contributed by atoms with E-state index in [1.165, 1.54) is 6.07 Å². The summed E-state index contributed by atoms with van der Waals surface area (Å²) < 4.78 is 23.2. The van der Waals surface area contributed by atoms with Gasteiger partial charge in [-0.1, -0.05) is 18.2 Å². The molecule has 1 aromatic carbocycles. The molecule has 0 heterocycles. The normalized spacial score (nSPS) is 18.4. The summed E-state index contributed by atoms with van der Waals surface area (Å²) in [6, 6.07) is 6.52. The van der Waals surface area contributed by atoms with Crippen LogP contribution in [-0.2, 0) is 14.6 Å². The first-order valence-corrected chi connectivity index (χ1v) is 6.94. The number of benzene rings is 1. The van der Waals surface area contributed by atoms with Gasteiger partial charge in [-0.2, -0.15) is 0 Å². The Kier molecular flexibility index (Phi) is 2.73. The van der Waals surface area contributed by atoms with Gasteiger partial charge in [-0.3, -0.25) is 4.79 Å². The molecule has 17 heavy (non-hydrogen) atoms. The molecule has 0 unspecified atom stereocenters. The van der Waals surface area contributed by atoms with Crippen molar-refractivity contribution in [3.05, 3.63) is 29.8 Å². The SMILES string of the molecule is Cc1ccccc1S(=O)(=O)C1(C(=O)O)CCC1. The zero-order valence-corrected chi connectivity index (χ0v) is 10.3. The lowest BCUT2D eigenvalue weighted by Crippen LogP contribution is -2.52. The molecule has 0 aliphatic heterocycles. The van der Waals surface area contributed by atoms with Gasteiger partial charge in [-0.25, -0.2) is 8.42 Å². The second-order valence-electron chi connectivity index (χ2n) is 4.42. The average molecular weight is 254 g/mol. The van der Waals surface area contributed by atoms with Crippen LogP contribution >= 0.6 is 0 Å². The van der Waals surface area contributed by atoms with Crippen LogP contribution < -0.4 is 0 Å². The maximum absolute atomic E-state index is 12.4. The maximum atomic E-state index is 12.4. The van der Waals surface area contributed by atoms with Crippen LogP contribution in [0.3, 0.4) is 0 Å². The minimum Gasteiger partial charge on any atom is -0.480 e. The summed E-state index contributed by atoms with van der Waals surface area (Å²) in [5.41, 5.74) is 0.597. The quantitative estimate of drug-likeness (QED) is 0.892. The molecule has 0 amide bonds. The molecule has 4 nitrogen and oxygen atoms in total. The van der Waals surface area contributed by atoms with Crippen LogP contribution in [0.1, 0.15) is 24.8 Å². The van der Waals surface area contributed by atoms with Gasteiger partial charge in [0, 0.05) is 0 Å². The summed E-state index contributed by atoms with van der Waals surface area (Å²) in [5.74, 6) is -1.23. The molecule has 0 radical (unpaired) electrons. The molecular formula is C12H14O4S. The van der Waals surface area contributed by atoms with E-state index in [-0.39, 0.29) is 17.7 Å². The van der Waals surface area contributed by atoms with Crippen LogP contribution in [0.5, 0.6) is 0 Å². The van der Waals surface area contributed by atoms with E-state index in [0.717, 1.165) is 0 Å². The van der Waals surface area contributed by atoms with Crippen LogP contribution in [0.25, 0.3) is 0 Å². The summed E-state index contributed by atoms with van der Waals surface area (Å²) in [6.07, 6.45) is 1.06. The molecule has 2 rings (SSSR count). The van der Waals surface area contributed by atoms with Crippen LogP contribution in [0.4, 0.5) is 0 Å². The van der Waals surface area contributed by atoms with Crippen LogP contribution in [0, 0.1) is 6.92 Å². The van der Waals surface area contributed by atoms with E-state index < -0.39 is 20.6 Å². The summed E-state index contributed by atoms with van der Waals surface area (Å²) >= 11 is 0. The third-order valence-corrected chi connectivity index (χ3v) is 6.10. The largest absolute Gasteiger partial charge is 0.480 e. The molecule has 1 N–H and O–H groups in total. The van der Waals surface area contributed by atoms with Gasteiger partial charge in [0.1, 0.15) is 0 Å². The van der Waals surface area contributed by atoms with Gasteiger partial charge < -0.3 is 5.11 Å². The zero-order valence-electron chi connectivity index (χ0n) is 9.51. The zero-order chi connectivity index (χ0) is 12.7. The molecule has 0 aromatic heterocycles. The number of aliphatic carboxylic acids is 1. The predicted octanol–water partition coefficient (Wildman–Crippen LogP) is 1.78. The standard InChI is InChI=1S/C12H14O4S/c1-9-5-2-3-6-10(9)17(15,16)12(11(13)14)7-4-8-12/h2-3,5-6H,4,7-8H2,1H3,(H,13,14). The number of hydrogen-bond donors (Lipinski definition) is 1. The molecule has 0 atom stereocenters. The fourth-order valence-electron chi connectivity index (χ4n) is 2.16. The van der Waals surface area contributed by atoms with Crippen LogP contribution in [0.2, 0.25) is 0 Å². The number of aryl methyl sites for hydroxylation is 1. The van der Waals surface area contributed by atoms with E-state index in [1.807, 2.05) is 0 Å². The Morgan fingerprint density at radius 2 is 1.88 bits per heavy atom. The lowest BCUT2D eigenvalue weighted by atomic mass is 9.84. The fourth-order valence-corrected chi connectivity index (χ4v) is 4.39. The fraction of sp³-hybridized carbons (Fsp3) is 0.417. The highest BCUT2D eigenvalue weighted by molar-refractivity contribution is 7.93. The molecule has 1 saturated carbocycles. The molecule has 1 aromatic rings. The Hall–Kier alpha value is -1.36. The third kappa shape index (κ3) is 1.57. The average Bonchev–Trinajstić information content (AvgIpc) is 2.14. The first kappa shape index (κ1) is 12.1. The summed E-state index contributed by atoms with van der Waals surface area (Å²) in [4.78, 5) is 11.4. The molecule has 0 bridgehead atoms. The number of carboxylic acid groups (broad SMARTS) is 1. The molecule has 0 saturated heterocycles. The number of rotatable bonds is 3. The molecule has 5 heteroatoms. The summed E-state index contributed by atoms with van der Waals surface area (Å²) in [5, 5.41) is 9.19. The minimum atomic E-state index is -3.79. The minimum absolute atomic E-state index is 0.141. The number of sulfone groups is 1. The van der Waals surface area contributed by atoms with Gasteiger partial charge >= 0.3 is 5.97 Å². The second kappa shape index (κ2) is 3.84. The van der Waals surface area contributed by atoms with Gasteiger partial charge in [0.25, 0.3) is 0 Å². The highest BCUT2D eigenvalue weighted by Gasteiger charge is 2.56. The lowest BCUT2D eigenvalue weighted by Gasteiger charge is -2.37. The van der Waals surface area contributed by atoms with Crippen molar-refractivity contribution in [3.63, 3.8) is 0 Å². The van der Waals surface area contributed by atoms with Crippen LogP contribution in [0.15, 0.2) is 29.2 Å². The van der Waals surface area contributed by atoms with E-state index in [4.69, 9.17) is 0 Å². The van der Waals surface area contributed by atoms with Crippen molar-refractivity contribution in [1.82, 2.24) is 0 Å². The van der Waals surface area contributed by atoms with Crippen molar-refractivity contribution >= 4 is 15.8 Å². The Bertz CT molecular complexity index is 556. The topological polar surface area (TPSA) is 71.4 Å². The van der Waals surface area contributed by atoms with Gasteiger partial charge in [-0.05, 0) is 37.8 Å². The van der Waals surface area contributed by atoms with Crippen molar-refractivity contribution < 1.29 is 18.3 Å². The first-order chi connectivity index (χ1) is 7.92. The van der Waals surface area contributed by atoms with E-state index in [2.05, 4.69) is 0 Å². The Labute approximate surface area is 100 Å². The van der Waals surface area contributed by atoms with E-state index in [1.54, 1.807) is 25.1 Å². The number of hydrogen-bond acceptors (Lipinski definition) is 3. The third-order valence-electron chi connectivity index (χ3n) is 3.45. The van der Waals surface area contributed by atoms with Gasteiger partial charge in [-0.15, -0.1) is 0 Å². The van der Waals surface area contributed by atoms with Gasteiger partial charge in [0.05, 0.1) is 4.90 Å². The Morgan fingerprint density at radius 1 is 1.29 bits per heavy atom. The summed E-state index contributed by atoms with van der Waals surface area (Å²) in [7, 11) is -3.79. The molecule has 1 aliphatic carbocycles. The van der Waals surface area contributed by atoms with E-state index >= 15 is 0 Å². The lowest BCUT2D eigenvalue weighted by molar-refractivity contribution is -0.142. The number of carboxylic acids is 1. The molecular weight excluding hydrogens is 240 g/mol. The van der Waals surface area contributed by atoms with Crippen molar-refractivity contribution in [3.8, 4) is 0 Å². The highest BCUT2D eigenvalue weighted by atomic mass is 32.2. The molecule has 1 fully saturated rings. The second-order valence-corrected chi connectivity index (χ2v) is 6.65. The first-order valence-electron chi connectivity index (χ1n) is 5.45. The predicted molar refractivity (Wildman–Crippen MR) is 62.6 cm³/mol. The smallest absolute Gasteiger partial charge is 0.325 e.